The van der Waals surface area contributed by atoms with Crippen molar-refractivity contribution < 1.29 is 18.3 Å². The van der Waals surface area contributed by atoms with E-state index in [1.807, 2.05) is 0 Å². The number of carbonyl (C=O) groups is 1. The van der Waals surface area contributed by atoms with Crippen LogP contribution in [0, 0.1) is 11.8 Å². The van der Waals surface area contributed by atoms with Crippen molar-refractivity contribution >= 4 is 21.9 Å². The maximum absolute atomic E-state index is 12.1. The predicted molar refractivity (Wildman–Crippen MR) is 104 cm³/mol. The van der Waals surface area contributed by atoms with Gasteiger partial charge in [0.1, 0.15) is 0 Å². The van der Waals surface area contributed by atoms with Crippen molar-refractivity contribution in [3.05, 3.63) is 29.8 Å². The molecule has 0 saturated carbocycles. The lowest BCUT2D eigenvalue weighted by molar-refractivity contribution is -0.137. The summed E-state index contributed by atoms with van der Waals surface area (Å²) in [6.45, 7) is 3.90. The van der Waals surface area contributed by atoms with Crippen LogP contribution in [0.4, 0.5) is 5.69 Å². The lowest BCUT2D eigenvalue weighted by Crippen LogP contribution is -2.39. The molecule has 0 aliphatic rings. The van der Waals surface area contributed by atoms with Gasteiger partial charge in [-0.15, -0.1) is 0 Å². The number of rotatable bonds is 11. The number of unbranched alkanes of at least 4 members (excludes halogenated alkanes) is 4. The first-order valence-corrected chi connectivity index (χ1v) is 10.5. The van der Waals surface area contributed by atoms with Crippen LogP contribution in [-0.4, -0.2) is 25.5 Å². The zero-order valence-electron chi connectivity index (χ0n) is 15.4. The number of aliphatic carboxylic acids is 1. The Morgan fingerprint density at radius 2 is 1.85 bits per heavy atom. The molecule has 0 aromatic heterocycles. The minimum Gasteiger partial charge on any atom is -0.481 e. The molecule has 144 valence electrons. The van der Waals surface area contributed by atoms with E-state index in [2.05, 4.69) is 28.2 Å². The zero-order valence-corrected chi connectivity index (χ0v) is 16.2. The van der Waals surface area contributed by atoms with Gasteiger partial charge >= 0.3 is 5.97 Å². The van der Waals surface area contributed by atoms with Crippen LogP contribution in [0.2, 0.25) is 0 Å². The fourth-order valence-corrected chi connectivity index (χ4v) is 3.50. The van der Waals surface area contributed by atoms with Gasteiger partial charge in [0.2, 0.25) is 0 Å². The van der Waals surface area contributed by atoms with E-state index in [0.717, 1.165) is 18.4 Å². The summed E-state index contributed by atoms with van der Waals surface area (Å²) in [5.41, 5.74) is 1.23. The molecule has 0 spiro atoms. The maximum Gasteiger partial charge on any atom is 0.304 e. The van der Waals surface area contributed by atoms with Gasteiger partial charge in [-0.25, -0.2) is 0 Å². The van der Waals surface area contributed by atoms with E-state index in [9.17, 15) is 13.2 Å². The molecule has 0 amide bonds. The van der Waals surface area contributed by atoms with Crippen molar-refractivity contribution in [2.75, 3.05) is 4.72 Å². The monoisotopic (exact) mass is 380 g/mol. The first kappa shape index (κ1) is 22.0. The molecule has 1 aromatic carbocycles. The molecule has 3 N–H and O–H groups in total. The summed E-state index contributed by atoms with van der Waals surface area (Å²) in [4.78, 5) is 10.7. The summed E-state index contributed by atoms with van der Waals surface area (Å²) in [5, 5.41) is 8.80. The van der Waals surface area contributed by atoms with Crippen molar-refractivity contribution in [1.82, 2.24) is 4.72 Å². The Kier molecular flexibility index (Phi) is 9.78. The number of benzene rings is 1. The molecule has 1 aromatic rings. The SMILES string of the molecule is CCCCCCC#Cc1ccc(NS(=O)(=O)N[C@@H](CC)CC(=O)O)cc1. The molecule has 0 heterocycles. The van der Waals surface area contributed by atoms with Crippen LogP contribution in [0.15, 0.2) is 24.3 Å². The van der Waals surface area contributed by atoms with Gasteiger partial charge in [0, 0.05) is 23.7 Å². The van der Waals surface area contributed by atoms with Crippen LogP contribution >= 0.6 is 0 Å². The summed E-state index contributed by atoms with van der Waals surface area (Å²) in [6, 6.07) is 6.14. The second-order valence-corrected chi connectivity index (χ2v) is 7.56. The third-order valence-electron chi connectivity index (χ3n) is 3.76. The molecule has 0 aliphatic carbocycles. The second kappa shape index (κ2) is 11.6. The smallest absolute Gasteiger partial charge is 0.304 e. The molecule has 1 rings (SSSR count). The van der Waals surface area contributed by atoms with Gasteiger partial charge in [-0.1, -0.05) is 45.0 Å². The second-order valence-electron chi connectivity index (χ2n) is 6.12. The van der Waals surface area contributed by atoms with Crippen LogP contribution in [0.25, 0.3) is 0 Å². The summed E-state index contributed by atoms with van der Waals surface area (Å²) < 4.78 is 28.9. The van der Waals surface area contributed by atoms with Crippen LogP contribution in [0.1, 0.15) is 64.4 Å². The van der Waals surface area contributed by atoms with Crippen molar-refractivity contribution in [2.45, 2.75) is 64.8 Å². The molecule has 0 unspecified atom stereocenters. The molecule has 1 atom stereocenters. The highest BCUT2D eigenvalue weighted by atomic mass is 32.2. The van der Waals surface area contributed by atoms with Gasteiger partial charge in [-0.05, 0) is 37.1 Å². The number of anilines is 1. The van der Waals surface area contributed by atoms with Gasteiger partial charge in [-0.3, -0.25) is 9.52 Å². The number of hydrogen-bond donors (Lipinski definition) is 3. The Morgan fingerprint density at radius 3 is 2.42 bits per heavy atom. The standard InChI is InChI=1S/C19H28N2O4S/c1-3-5-6-7-8-9-10-16-11-13-18(14-12-16)21-26(24,25)20-17(4-2)15-19(22)23/h11-14,17,20-21H,3-8,15H2,1-2H3,(H,22,23)/t17-/m0/s1. The number of nitrogens with one attached hydrogen (secondary N) is 2. The molecule has 0 bridgehead atoms. The molecular weight excluding hydrogens is 352 g/mol. The topological polar surface area (TPSA) is 95.5 Å². The first-order chi connectivity index (χ1) is 12.4. The molecule has 26 heavy (non-hydrogen) atoms. The van der Waals surface area contributed by atoms with E-state index < -0.39 is 22.2 Å². The van der Waals surface area contributed by atoms with Crippen molar-refractivity contribution in [1.29, 1.82) is 0 Å². The number of carboxylic acid groups (broad SMARTS) is 1. The van der Waals surface area contributed by atoms with E-state index in [4.69, 9.17) is 5.11 Å². The van der Waals surface area contributed by atoms with E-state index in [0.29, 0.717) is 12.1 Å². The highest BCUT2D eigenvalue weighted by Gasteiger charge is 2.18. The Bertz CT molecular complexity index is 718. The van der Waals surface area contributed by atoms with Crippen molar-refractivity contribution in [3.8, 4) is 11.8 Å². The summed E-state index contributed by atoms with van der Waals surface area (Å²) in [5.74, 6) is 5.15. The highest BCUT2D eigenvalue weighted by Crippen LogP contribution is 2.11. The normalized spacial score (nSPS) is 12.1. The molecular formula is C19H28N2O4S. The summed E-state index contributed by atoms with van der Waals surface area (Å²) >= 11 is 0. The lowest BCUT2D eigenvalue weighted by Gasteiger charge is -2.16. The fraction of sp³-hybridized carbons (Fsp3) is 0.526. The zero-order chi connectivity index (χ0) is 19.4. The van der Waals surface area contributed by atoms with Crippen LogP contribution in [-0.2, 0) is 15.0 Å². The average Bonchev–Trinajstić information content (AvgIpc) is 2.58. The Morgan fingerprint density at radius 1 is 1.15 bits per heavy atom. The van der Waals surface area contributed by atoms with Gasteiger partial charge < -0.3 is 5.11 Å². The molecule has 0 radical (unpaired) electrons. The van der Waals surface area contributed by atoms with Crippen molar-refractivity contribution in [3.63, 3.8) is 0 Å². The van der Waals surface area contributed by atoms with E-state index >= 15 is 0 Å². The lowest BCUT2D eigenvalue weighted by atomic mass is 10.1. The number of hydrogen-bond acceptors (Lipinski definition) is 3. The Hall–Kier alpha value is -2.04. The fourth-order valence-electron chi connectivity index (χ4n) is 2.31. The van der Waals surface area contributed by atoms with E-state index in [-0.39, 0.29) is 6.42 Å². The van der Waals surface area contributed by atoms with Crippen LogP contribution in [0.5, 0.6) is 0 Å². The molecule has 0 saturated heterocycles. The molecule has 6 nitrogen and oxygen atoms in total. The average molecular weight is 381 g/mol. The summed E-state index contributed by atoms with van der Waals surface area (Å²) in [7, 11) is -3.83. The predicted octanol–water partition coefficient (Wildman–Crippen LogP) is 3.51. The van der Waals surface area contributed by atoms with Gasteiger partial charge in [-0.2, -0.15) is 13.1 Å². The van der Waals surface area contributed by atoms with E-state index in [1.165, 1.54) is 19.3 Å². The Labute approximate surface area is 156 Å². The molecule has 7 heteroatoms. The molecule has 0 aliphatic heterocycles. The largest absolute Gasteiger partial charge is 0.481 e. The van der Waals surface area contributed by atoms with Gasteiger partial charge in [0.15, 0.2) is 0 Å². The third-order valence-corrected chi connectivity index (χ3v) is 4.91. The minimum atomic E-state index is -3.83. The molecule has 0 fully saturated rings. The van der Waals surface area contributed by atoms with E-state index in [1.54, 1.807) is 31.2 Å². The first-order valence-electron chi connectivity index (χ1n) is 8.97. The quantitative estimate of drug-likeness (QED) is 0.404. The van der Waals surface area contributed by atoms with Gasteiger partial charge in [0.25, 0.3) is 10.2 Å². The minimum absolute atomic E-state index is 0.260. The summed E-state index contributed by atoms with van der Waals surface area (Å²) in [6.07, 6.45) is 5.72. The van der Waals surface area contributed by atoms with Crippen molar-refractivity contribution in [2.24, 2.45) is 0 Å². The van der Waals surface area contributed by atoms with Crippen LogP contribution < -0.4 is 9.44 Å². The Balaban J connectivity index is 2.57. The number of carboxylic acids is 1. The van der Waals surface area contributed by atoms with Gasteiger partial charge in [0.05, 0.1) is 6.42 Å². The highest BCUT2D eigenvalue weighted by molar-refractivity contribution is 7.90. The van der Waals surface area contributed by atoms with Crippen LogP contribution in [0.3, 0.4) is 0 Å². The maximum atomic E-state index is 12.1. The third kappa shape index (κ3) is 9.44.